The largest absolute Gasteiger partial charge is 0.481 e. The van der Waals surface area contributed by atoms with Crippen LogP contribution in [0.2, 0.25) is 0 Å². The summed E-state index contributed by atoms with van der Waals surface area (Å²) in [5, 5.41) is 11.2. The Hall–Kier alpha value is -1.34. The van der Waals surface area contributed by atoms with E-state index >= 15 is 0 Å². The molecule has 7 nitrogen and oxygen atoms in total. The molecule has 1 heterocycles. The first-order valence-electron chi connectivity index (χ1n) is 6.46. The summed E-state index contributed by atoms with van der Waals surface area (Å²) in [5.41, 5.74) is 0. The molecule has 0 bridgehead atoms. The van der Waals surface area contributed by atoms with E-state index in [1.165, 1.54) is 0 Å². The molecule has 0 aromatic carbocycles. The predicted octanol–water partition coefficient (Wildman–Crippen LogP) is 0.297. The lowest BCUT2D eigenvalue weighted by Crippen LogP contribution is -2.52. The van der Waals surface area contributed by atoms with Gasteiger partial charge in [-0.3, -0.25) is 4.79 Å². The molecule has 2 atom stereocenters. The fraction of sp³-hybridized carbons (Fsp3) is 0.833. The minimum atomic E-state index is -0.889. The molecule has 1 saturated heterocycles. The van der Waals surface area contributed by atoms with Gasteiger partial charge in [-0.05, 0) is 13.8 Å². The van der Waals surface area contributed by atoms with Crippen LogP contribution >= 0.6 is 0 Å². The summed E-state index contributed by atoms with van der Waals surface area (Å²) in [6.45, 7) is 5.88. The second kappa shape index (κ2) is 7.96. The number of hydrogen-bond donors (Lipinski definition) is 2. The Morgan fingerprint density at radius 2 is 1.95 bits per heavy atom. The van der Waals surface area contributed by atoms with Crippen molar-refractivity contribution >= 4 is 12.0 Å². The van der Waals surface area contributed by atoms with E-state index in [1.807, 2.05) is 13.8 Å². The predicted molar refractivity (Wildman–Crippen MR) is 68.1 cm³/mol. The molecule has 7 heteroatoms. The average molecular weight is 274 g/mol. The minimum absolute atomic E-state index is 0.0214. The summed E-state index contributed by atoms with van der Waals surface area (Å²) >= 11 is 0. The van der Waals surface area contributed by atoms with Crippen LogP contribution in [-0.2, 0) is 14.3 Å². The number of carboxylic acids is 1. The zero-order valence-corrected chi connectivity index (χ0v) is 11.4. The maximum absolute atomic E-state index is 11.8. The van der Waals surface area contributed by atoms with Crippen LogP contribution in [0.3, 0.4) is 0 Å². The third-order valence-corrected chi connectivity index (χ3v) is 2.69. The molecule has 0 spiro atoms. The van der Waals surface area contributed by atoms with E-state index in [2.05, 4.69) is 5.32 Å². The molecule has 2 unspecified atom stereocenters. The Labute approximate surface area is 112 Å². The van der Waals surface area contributed by atoms with Crippen LogP contribution in [0.5, 0.6) is 0 Å². The van der Waals surface area contributed by atoms with Crippen molar-refractivity contribution in [3.63, 3.8) is 0 Å². The Kier molecular flexibility index (Phi) is 6.58. The normalized spacial score (nSPS) is 23.2. The molecule has 1 fully saturated rings. The number of morpholine rings is 1. The zero-order chi connectivity index (χ0) is 14.3. The first-order valence-corrected chi connectivity index (χ1v) is 6.46. The van der Waals surface area contributed by atoms with Gasteiger partial charge in [0.05, 0.1) is 31.8 Å². The molecule has 110 valence electrons. The van der Waals surface area contributed by atoms with E-state index in [0.29, 0.717) is 26.2 Å². The third kappa shape index (κ3) is 6.40. The van der Waals surface area contributed by atoms with Crippen molar-refractivity contribution in [1.82, 2.24) is 10.2 Å². The second-order valence-electron chi connectivity index (χ2n) is 4.65. The van der Waals surface area contributed by atoms with Gasteiger partial charge in [-0.1, -0.05) is 0 Å². The van der Waals surface area contributed by atoms with Crippen LogP contribution in [0.4, 0.5) is 4.79 Å². The molecule has 0 aliphatic carbocycles. The van der Waals surface area contributed by atoms with Gasteiger partial charge in [-0.25, -0.2) is 4.79 Å². The molecule has 0 aromatic heterocycles. The maximum Gasteiger partial charge on any atom is 0.317 e. The van der Waals surface area contributed by atoms with Gasteiger partial charge < -0.3 is 24.8 Å². The number of urea groups is 1. The highest BCUT2D eigenvalue weighted by Crippen LogP contribution is 2.10. The number of carboxylic acid groups (broad SMARTS) is 1. The van der Waals surface area contributed by atoms with E-state index in [1.54, 1.807) is 4.90 Å². The molecule has 0 radical (unpaired) electrons. The molecule has 19 heavy (non-hydrogen) atoms. The molecule has 0 saturated carbocycles. The Morgan fingerprint density at radius 1 is 1.32 bits per heavy atom. The lowest BCUT2D eigenvalue weighted by Gasteiger charge is -2.35. The van der Waals surface area contributed by atoms with E-state index < -0.39 is 5.97 Å². The average Bonchev–Trinajstić information content (AvgIpc) is 2.31. The van der Waals surface area contributed by atoms with Gasteiger partial charge in [0.2, 0.25) is 0 Å². The van der Waals surface area contributed by atoms with Crippen molar-refractivity contribution in [2.45, 2.75) is 32.5 Å². The lowest BCUT2D eigenvalue weighted by atomic mass is 10.2. The molecule has 1 aliphatic rings. The molecular formula is C12H22N2O5. The van der Waals surface area contributed by atoms with Gasteiger partial charge in [0.15, 0.2) is 0 Å². The lowest BCUT2D eigenvalue weighted by molar-refractivity contribution is -0.138. The van der Waals surface area contributed by atoms with Gasteiger partial charge >= 0.3 is 12.0 Å². The van der Waals surface area contributed by atoms with Crippen molar-refractivity contribution in [3.8, 4) is 0 Å². The molecular weight excluding hydrogens is 252 g/mol. The van der Waals surface area contributed by atoms with E-state index in [-0.39, 0.29) is 31.3 Å². The van der Waals surface area contributed by atoms with Crippen LogP contribution in [-0.4, -0.2) is 67.1 Å². The molecule has 1 aliphatic heterocycles. The van der Waals surface area contributed by atoms with Crippen LogP contribution < -0.4 is 5.32 Å². The van der Waals surface area contributed by atoms with Crippen molar-refractivity contribution < 1.29 is 24.2 Å². The zero-order valence-electron chi connectivity index (χ0n) is 11.4. The first-order chi connectivity index (χ1) is 8.99. The summed E-state index contributed by atoms with van der Waals surface area (Å²) in [6.07, 6.45) is 0.0644. The van der Waals surface area contributed by atoms with Crippen LogP contribution in [0.25, 0.3) is 0 Å². The number of hydrogen-bond acceptors (Lipinski definition) is 4. The number of ether oxygens (including phenoxy) is 2. The van der Waals surface area contributed by atoms with Crippen molar-refractivity contribution in [2.24, 2.45) is 0 Å². The Morgan fingerprint density at radius 3 is 2.53 bits per heavy atom. The number of nitrogens with zero attached hydrogens (tertiary/aromatic N) is 1. The third-order valence-electron chi connectivity index (χ3n) is 2.69. The van der Waals surface area contributed by atoms with Gasteiger partial charge in [-0.2, -0.15) is 0 Å². The number of nitrogens with one attached hydrogen (secondary N) is 1. The number of carbonyl (C=O) groups excluding carboxylic acids is 1. The molecule has 2 amide bonds. The number of amides is 2. The number of rotatable bonds is 6. The molecule has 1 rings (SSSR count). The van der Waals surface area contributed by atoms with Crippen LogP contribution in [0.1, 0.15) is 20.3 Å². The molecule has 2 N–H and O–H groups in total. The standard InChI is InChI=1S/C12H22N2O5/c1-9-7-14(8-10(2)19-9)12(17)13-4-6-18-5-3-11(15)16/h9-10H,3-8H2,1-2H3,(H,13,17)(H,15,16). The topological polar surface area (TPSA) is 88.1 Å². The Balaban J connectivity index is 2.12. The summed E-state index contributed by atoms with van der Waals surface area (Å²) in [6, 6.07) is -0.135. The first kappa shape index (κ1) is 15.7. The van der Waals surface area contributed by atoms with Crippen LogP contribution in [0, 0.1) is 0 Å². The van der Waals surface area contributed by atoms with Crippen molar-refractivity contribution in [2.75, 3.05) is 32.8 Å². The summed E-state index contributed by atoms with van der Waals surface area (Å²) in [4.78, 5) is 23.8. The smallest absolute Gasteiger partial charge is 0.317 e. The highest BCUT2D eigenvalue weighted by molar-refractivity contribution is 5.74. The summed E-state index contributed by atoms with van der Waals surface area (Å²) in [7, 11) is 0. The van der Waals surface area contributed by atoms with Crippen LogP contribution in [0.15, 0.2) is 0 Å². The van der Waals surface area contributed by atoms with Gasteiger partial charge in [0.1, 0.15) is 0 Å². The molecule has 0 aromatic rings. The quantitative estimate of drug-likeness (QED) is 0.680. The second-order valence-corrected chi connectivity index (χ2v) is 4.65. The van der Waals surface area contributed by atoms with Crippen molar-refractivity contribution in [3.05, 3.63) is 0 Å². The van der Waals surface area contributed by atoms with Gasteiger partial charge in [0, 0.05) is 19.6 Å². The highest BCUT2D eigenvalue weighted by Gasteiger charge is 2.25. The monoisotopic (exact) mass is 274 g/mol. The maximum atomic E-state index is 11.8. The Bertz CT molecular complexity index is 300. The minimum Gasteiger partial charge on any atom is -0.481 e. The van der Waals surface area contributed by atoms with E-state index in [0.717, 1.165) is 0 Å². The fourth-order valence-corrected chi connectivity index (χ4v) is 1.95. The number of aliphatic carboxylic acids is 1. The highest BCUT2D eigenvalue weighted by atomic mass is 16.5. The SMILES string of the molecule is CC1CN(C(=O)NCCOCCC(=O)O)CC(C)O1. The van der Waals surface area contributed by atoms with E-state index in [4.69, 9.17) is 14.6 Å². The fourth-order valence-electron chi connectivity index (χ4n) is 1.95. The number of carbonyl (C=O) groups is 2. The summed E-state index contributed by atoms with van der Waals surface area (Å²) in [5.74, 6) is -0.889. The van der Waals surface area contributed by atoms with Gasteiger partial charge in [-0.15, -0.1) is 0 Å². The summed E-state index contributed by atoms with van der Waals surface area (Å²) < 4.78 is 10.6. The van der Waals surface area contributed by atoms with E-state index in [9.17, 15) is 9.59 Å². The van der Waals surface area contributed by atoms with Gasteiger partial charge in [0.25, 0.3) is 0 Å². The van der Waals surface area contributed by atoms with Crippen molar-refractivity contribution in [1.29, 1.82) is 0 Å².